The normalized spacial score (nSPS) is 20.7. The molecular formula is C30H41ClN6O10. The van der Waals surface area contributed by atoms with Crippen LogP contribution < -0.4 is 4.90 Å². The Morgan fingerprint density at radius 1 is 1.00 bits per heavy atom. The molecule has 17 heteroatoms. The van der Waals surface area contributed by atoms with Gasteiger partial charge in [-0.25, -0.2) is 19.4 Å². The van der Waals surface area contributed by atoms with Crippen LogP contribution in [0.25, 0.3) is 11.2 Å². The molecule has 1 fully saturated rings. The highest BCUT2D eigenvalue weighted by atomic mass is 35.5. The molecule has 16 nitrogen and oxygen atoms in total. The van der Waals surface area contributed by atoms with E-state index in [1.165, 1.54) is 17.8 Å². The van der Waals surface area contributed by atoms with Crippen molar-refractivity contribution in [2.24, 2.45) is 5.92 Å². The number of amides is 2. The Morgan fingerprint density at radius 3 is 2.04 bits per heavy atom. The fourth-order valence-electron chi connectivity index (χ4n) is 4.33. The maximum Gasteiger partial charge on any atom is 0.509 e. The highest BCUT2D eigenvalue weighted by Gasteiger charge is 2.48. The van der Waals surface area contributed by atoms with Gasteiger partial charge in [0.15, 0.2) is 35.1 Å². The number of halogens is 1. The van der Waals surface area contributed by atoms with Crippen LogP contribution in [0.3, 0.4) is 0 Å². The summed E-state index contributed by atoms with van der Waals surface area (Å²) in [6.07, 6.45) is -6.22. The maximum atomic E-state index is 13.4. The summed E-state index contributed by atoms with van der Waals surface area (Å²) in [5.41, 5.74) is -2.96. The molecule has 1 saturated heterocycles. The summed E-state index contributed by atoms with van der Waals surface area (Å²) in [5.74, 6) is -1.40. The SMILES string of the molecule is CC(=O)C(C#N)OC[C@H]1O[C@@H](n2cnc3c(N(C(=O)OC(C)(C)C)C(=O)OC(C)(C)C)nc(Cl)nc32)[C@H](OC(=O)OC(C)(C)C)[C@@H]1C. The van der Waals surface area contributed by atoms with Crippen molar-refractivity contribution in [3.63, 3.8) is 0 Å². The van der Waals surface area contributed by atoms with E-state index in [-0.39, 0.29) is 28.9 Å². The zero-order valence-electron chi connectivity index (χ0n) is 28.3. The molecule has 2 aromatic rings. The lowest BCUT2D eigenvalue weighted by Crippen LogP contribution is -2.44. The second-order valence-electron chi connectivity index (χ2n) is 13.9. The number of ketones is 1. The lowest BCUT2D eigenvalue weighted by molar-refractivity contribution is -0.128. The van der Waals surface area contributed by atoms with Gasteiger partial charge < -0.3 is 28.4 Å². The van der Waals surface area contributed by atoms with E-state index in [2.05, 4.69) is 15.0 Å². The average Bonchev–Trinajstić information content (AvgIpc) is 3.42. The Morgan fingerprint density at radius 2 is 1.55 bits per heavy atom. The van der Waals surface area contributed by atoms with Gasteiger partial charge in [-0.2, -0.15) is 20.1 Å². The van der Waals surface area contributed by atoms with Crippen molar-refractivity contribution in [2.45, 2.75) is 118 Å². The monoisotopic (exact) mass is 680 g/mol. The van der Waals surface area contributed by atoms with Crippen LogP contribution >= 0.6 is 11.6 Å². The van der Waals surface area contributed by atoms with Gasteiger partial charge >= 0.3 is 18.3 Å². The Hall–Kier alpha value is -4.07. The van der Waals surface area contributed by atoms with Gasteiger partial charge in [0.2, 0.25) is 11.4 Å². The van der Waals surface area contributed by atoms with Crippen LogP contribution in [-0.4, -0.2) is 85.4 Å². The van der Waals surface area contributed by atoms with Crippen LogP contribution in [0, 0.1) is 17.2 Å². The Balaban J connectivity index is 2.13. The molecule has 0 radical (unpaired) electrons. The van der Waals surface area contributed by atoms with Crippen LogP contribution in [0.15, 0.2) is 6.33 Å². The number of nitrogens with zero attached hydrogens (tertiary/aromatic N) is 6. The summed E-state index contributed by atoms with van der Waals surface area (Å²) in [6, 6.07) is 1.78. The third-order valence-electron chi connectivity index (χ3n) is 6.25. The first-order valence-corrected chi connectivity index (χ1v) is 15.1. The zero-order chi connectivity index (χ0) is 35.6. The van der Waals surface area contributed by atoms with Gasteiger partial charge in [0.05, 0.1) is 19.0 Å². The van der Waals surface area contributed by atoms with Crippen molar-refractivity contribution in [1.29, 1.82) is 5.26 Å². The van der Waals surface area contributed by atoms with Crippen LogP contribution in [0.2, 0.25) is 5.28 Å². The Bertz CT molecular complexity index is 1520. The number of carbonyl (C=O) groups is 4. The molecule has 47 heavy (non-hydrogen) atoms. The van der Waals surface area contributed by atoms with Gasteiger partial charge in [0.25, 0.3) is 0 Å². The van der Waals surface area contributed by atoms with Gasteiger partial charge in [-0.15, -0.1) is 0 Å². The molecule has 0 aromatic carbocycles. The van der Waals surface area contributed by atoms with Gasteiger partial charge in [-0.1, -0.05) is 6.92 Å². The predicted molar refractivity (Wildman–Crippen MR) is 165 cm³/mol. The number of hydrogen-bond acceptors (Lipinski definition) is 14. The molecule has 1 aliphatic rings. The summed E-state index contributed by atoms with van der Waals surface area (Å²) >= 11 is 6.34. The third kappa shape index (κ3) is 9.72. The number of rotatable bonds is 7. The molecule has 0 saturated carbocycles. The fraction of sp³-hybridized carbons (Fsp3) is 0.667. The summed E-state index contributed by atoms with van der Waals surface area (Å²) in [7, 11) is 0. The quantitative estimate of drug-likeness (QED) is 0.202. The fourth-order valence-corrected chi connectivity index (χ4v) is 4.49. The number of ether oxygens (including phenoxy) is 6. The molecule has 1 aliphatic heterocycles. The van der Waals surface area contributed by atoms with E-state index in [0.717, 1.165) is 0 Å². The molecule has 5 atom stereocenters. The minimum Gasteiger partial charge on any atom is -0.443 e. The lowest BCUT2D eigenvalue weighted by atomic mass is 10.0. The number of aromatic nitrogens is 4. The molecule has 0 spiro atoms. The second kappa shape index (κ2) is 14.0. The van der Waals surface area contributed by atoms with Crippen molar-refractivity contribution in [2.75, 3.05) is 11.5 Å². The van der Waals surface area contributed by atoms with Crippen molar-refractivity contribution >= 4 is 52.7 Å². The number of Topliss-reactive ketones (excluding diaryl/α,β-unsaturated/α-hetero) is 1. The number of anilines is 1. The standard InChI is InChI=1S/C30H41ClN6O10/c1-15-18(13-42-17(12-32)16(2)38)43-23(20(15)44-27(41)47-30(9,10)11)36-14-33-19-21(36)34-24(31)35-22(19)37(25(39)45-28(3,4)5)26(40)46-29(6,7)8/h14-15,17-18,20,23H,13H2,1-11H3/t15-,17?,18-,20-,23-/m1/s1. The van der Waals surface area contributed by atoms with Crippen LogP contribution in [0.1, 0.15) is 82.4 Å². The number of nitriles is 1. The maximum absolute atomic E-state index is 13.4. The van der Waals surface area contributed by atoms with Crippen molar-refractivity contribution in [3.05, 3.63) is 11.6 Å². The van der Waals surface area contributed by atoms with E-state index < -0.39 is 71.4 Å². The van der Waals surface area contributed by atoms with Crippen LogP contribution in [0.5, 0.6) is 0 Å². The van der Waals surface area contributed by atoms with Gasteiger partial charge in [-0.3, -0.25) is 9.36 Å². The average molecular weight is 681 g/mol. The van der Waals surface area contributed by atoms with E-state index in [0.29, 0.717) is 4.90 Å². The highest BCUT2D eigenvalue weighted by molar-refractivity contribution is 6.29. The van der Waals surface area contributed by atoms with E-state index in [4.69, 9.17) is 40.0 Å². The van der Waals surface area contributed by atoms with Crippen molar-refractivity contribution in [1.82, 2.24) is 19.5 Å². The molecule has 3 rings (SSSR count). The molecule has 2 amide bonds. The topological polar surface area (TPSA) is 194 Å². The first-order valence-electron chi connectivity index (χ1n) is 14.7. The third-order valence-corrected chi connectivity index (χ3v) is 6.42. The molecule has 3 heterocycles. The van der Waals surface area contributed by atoms with Gasteiger partial charge in [0.1, 0.15) is 22.9 Å². The molecule has 0 aliphatic carbocycles. The minimum atomic E-state index is -1.33. The first-order chi connectivity index (χ1) is 21.5. The molecule has 0 N–H and O–H groups in total. The largest absolute Gasteiger partial charge is 0.509 e. The molecule has 0 bridgehead atoms. The lowest BCUT2D eigenvalue weighted by Gasteiger charge is -2.28. The summed E-state index contributed by atoms with van der Waals surface area (Å²) < 4.78 is 35.2. The smallest absolute Gasteiger partial charge is 0.443 e. The minimum absolute atomic E-state index is 0.00712. The summed E-state index contributed by atoms with van der Waals surface area (Å²) in [4.78, 5) is 64.7. The Labute approximate surface area is 277 Å². The summed E-state index contributed by atoms with van der Waals surface area (Å²) in [6.45, 7) is 17.5. The van der Waals surface area contributed by atoms with E-state index in [9.17, 15) is 24.4 Å². The predicted octanol–water partition coefficient (Wildman–Crippen LogP) is 5.51. The molecule has 1 unspecified atom stereocenters. The van der Waals surface area contributed by atoms with Gasteiger partial charge in [0, 0.05) is 5.92 Å². The van der Waals surface area contributed by atoms with Crippen LogP contribution in [-0.2, 0) is 33.2 Å². The van der Waals surface area contributed by atoms with E-state index in [1.807, 2.05) is 0 Å². The molecule has 2 aromatic heterocycles. The van der Waals surface area contributed by atoms with E-state index >= 15 is 0 Å². The number of imide groups is 1. The number of carbonyl (C=O) groups excluding carboxylic acids is 4. The highest BCUT2D eigenvalue weighted by Crippen LogP contribution is 2.39. The summed E-state index contributed by atoms with van der Waals surface area (Å²) in [5, 5.41) is 8.93. The van der Waals surface area contributed by atoms with Gasteiger partial charge in [-0.05, 0) is 80.8 Å². The Kier molecular flexibility index (Phi) is 11.1. The second-order valence-corrected chi connectivity index (χ2v) is 14.2. The van der Waals surface area contributed by atoms with Crippen LogP contribution in [0.4, 0.5) is 20.2 Å². The van der Waals surface area contributed by atoms with E-state index in [1.54, 1.807) is 75.3 Å². The molecular weight excluding hydrogens is 640 g/mol. The number of imidazole rings is 1. The van der Waals surface area contributed by atoms with Crippen molar-refractivity contribution in [3.8, 4) is 6.07 Å². The zero-order valence-corrected chi connectivity index (χ0v) is 29.1. The first kappa shape index (κ1) is 37.4. The number of fused-ring (bicyclic) bond motifs is 1. The number of hydrogen-bond donors (Lipinski definition) is 0. The van der Waals surface area contributed by atoms with Crippen molar-refractivity contribution < 1.29 is 47.6 Å². The molecule has 258 valence electrons.